The molecule has 4 nitrogen and oxygen atoms in total. The number of carbonyl (C=O) groups is 1. The molecule has 0 saturated carbocycles. The van der Waals surface area contributed by atoms with Crippen molar-refractivity contribution >= 4 is 24.0 Å². The van der Waals surface area contributed by atoms with Crippen LogP contribution in [0.3, 0.4) is 0 Å². The van der Waals surface area contributed by atoms with E-state index in [9.17, 15) is 18.0 Å². The van der Waals surface area contributed by atoms with Crippen molar-refractivity contribution in [2.45, 2.75) is 19.0 Å². The van der Waals surface area contributed by atoms with Crippen molar-refractivity contribution in [1.82, 2.24) is 5.32 Å². The molecule has 142 valence electrons. The van der Waals surface area contributed by atoms with Crippen LogP contribution in [0.5, 0.6) is 5.75 Å². The van der Waals surface area contributed by atoms with Crippen LogP contribution in [0.25, 0.3) is 0 Å². The number of amides is 1. The normalized spacial score (nSPS) is 10.7. The number of anilines is 1. The first kappa shape index (κ1) is 21.6. The number of halogens is 4. The van der Waals surface area contributed by atoms with Gasteiger partial charge in [0.25, 0.3) is 0 Å². The third-order valence-electron chi connectivity index (χ3n) is 3.55. The number of nitrogens with one attached hydrogen (secondary N) is 1. The van der Waals surface area contributed by atoms with Gasteiger partial charge in [-0.25, -0.2) is 0 Å². The van der Waals surface area contributed by atoms with Gasteiger partial charge in [0.15, 0.2) is 0 Å². The maximum atomic E-state index is 12.4. The van der Waals surface area contributed by atoms with Crippen molar-refractivity contribution < 1.29 is 22.7 Å². The van der Waals surface area contributed by atoms with Crippen molar-refractivity contribution in [3.8, 4) is 5.75 Å². The van der Waals surface area contributed by atoms with Crippen molar-refractivity contribution in [2.75, 3.05) is 18.9 Å². The van der Waals surface area contributed by atoms with Crippen LogP contribution in [0, 0.1) is 0 Å². The Morgan fingerprint density at radius 2 is 1.73 bits per heavy atom. The monoisotopic (exact) mass is 388 g/mol. The molecular formula is C18H20ClF3N2O2. The molecule has 1 amide bonds. The first-order valence-corrected chi connectivity index (χ1v) is 7.76. The summed E-state index contributed by atoms with van der Waals surface area (Å²) in [7, 11) is 0. The average molecular weight is 389 g/mol. The molecule has 2 aromatic rings. The molecule has 8 heteroatoms. The highest BCUT2D eigenvalue weighted by atomic mass is 35.5. The van der Waals surface area contributed by atoms with Gasteiger partial charge in [0.2, 0.25) is 5.91 Å². The topological polar surface area (TPSA) is 64.4 Å². The highest BCUT2D eigenvalue weighted by molar-refractivity contribution is 5.85. The van der Waals surface area contributed by atoms with E-state index in [-0.39, 0.29) is 31.5 Å². The smallest absolute Gasteiger partial charge is 0.416 e. The summed E-state index contributed by atoms with van der Waals surface area (Å²) in [6.45, 7) is 0.439. The number of carbonyl (C=O) groups excluding carboxylic acids is 1. The van der Waals surface area contributed by atoms with E-state index >= 15 is 0 Å². The van der Waals surface area contributed by atoms with Gasteiger partial charge in [-0.05, 0) is 42.3 Å². The van der Waals surface area contributed by atoms with Crippen molar-refractivity contribution in [1.29, 1.82) is 0 Å². The SMILES string of the molecule is Cl.Nc1ccccc1CCC(=O)NCCOc1ccc(C(F)(F)F)cc1. The molecule has 3 N–H and O–H groups in total. The molecule has 0 aliphatic heterocycles. The molecule has 2 aromatic carbocycles. The molecule has 0 spiro atoms. The molecule has 0 bridgehead atoms. The Kier molecular flexibility index (Phi) is 8.25. The summed E-state index contributed by atoms with van der Waals surface area (Å²) in [4.78, 5) is 11.8. The van der Waals surface area contributed by atoms with E-state index in [0.717, 1.165) is 17.7 Å². The molecular weight excluding hydrogens is 369 g/mol. The van der Waals surface area contributed by atoms with Gasteiger partial charge in [-0.15, -0.1) is 12.4 Å². The maximum Gasteiger partial charge on any atom is 0.416 e. The summed E-state index contributed by atoms with van der Waals surface area (Å²) in [6, 6.07) is 11.8. The van der Waals surface area contributed by atoms with Crippen molar-refractivity contribution in [2.24, 2.45) is 0 Å². The Morgan fingerprint density at radius 1 is 1.08 bits per heavy atom. The fourth-order valence-corrected chi connectivity index (χ4v) is 2.20. The zero-order valence-corrected chi connectivity index (χ0v) is 14.7. The molecule has 0 aromatic heterocycles. The maximum absolute atomic E-state index is 12.4. The van der Waals surface area contributed by atoms with Crippen LogP contribution in [-0.4, -0.2) is 19.1 Å². The molecule has 0 aliphatic carbocycles. The van der Waals surface area contributed by atoms with Gasteiger partial charge < -0.3 is 15.8 Å². The van der Waals surface area contributed by atoms with Crippen molar-refractivity contribution in [3.63, 3.8) is 0 Å². The van der Waals surface area contributed by atoms with Gasteiger partial charge in [-0.1, -0.05) is 18.2 Å². The van der Waals surface area contributed by atoms with E-state index in [2.05, 4.69) is 5.32 Å². The van der Waals surface area contributed by atoms with Gasteiger partial charge in [0, 0.05) is 12.1 Å². The third-order valence-corrected chi connectivity index (χ3v) is 3.55. The van der Waals surface area contributed by atoms with Crippen LogP contribution in [0.15, 0.2) is 48.5 Å². The van der Waals surface area contributed by atoms with E-state index < -0.39 is 11.7 Å². The van der Waals surface area contributed by atoms with Crippen LogP contribution in [-0.2, 0) is 17.4 Å². The standard InChI is InChI=1S/C18H19F3N2O2.ClH/c19-18(20,21)14-6-8-15(9-7-14)25-12-11-23-17(24)10-5-13-3-1-2-4-16(13)22;/h1-4,6-9H,5,10-12,22H2,(H,23,24);1H. The number of rotatable bonds is 7. The van der Waals surface area contributed by atoms with E-state index in [1.165, 1.54) is 12.1 Å². The highest BCUT2D eigenvalue weighted by Gasteiger charge is 2.29. The van der Waals surface area contributed by atoms with Crippen LogP contribution in [0.2, 0.25) is 0 Å². The number of benzene rings is 2. The summed E-state index contributed by atoms with van der Waals surface area (Å²) in [6.07, 6.45) is -3.53. The van der Waals surface area contributed by atoms with Crippen LogP contribution >= 0.6 is 12.4 Å². The average Bonchev–Trinajstić information content (AvgIpc) is 2.57. The minimum atomic E-state index is -4.37. The minimum Gasteiger partial charge on any atom is -0.492 e. The number of aryl methyl sites for hydroxylation is 1. The van der Waals surface area contributed by atoms with E-state index in [4.69, 9.17) is 10.5 Å². The van der Waals surface area contributed by atoms with Crippen molar-refractivity contribution in [3.05, 3.63) is 59.7 Å². The molecule has 0 aliphatic rings. The van der Waals surface area contributed by atoms with Gasteiger partial charge in [0.1, 0.15) is 12.4 Å². The van der Waals surface area contributed by atoms with Crippen LogP contribution in [0.4, 0.5) is 18.9 Å². The Morgan fingerprint density at radius 3 is 2.35 bits per heavy atom. The van der Waals surface area contributed by atoms with Gasteiger partial charge in [-0.2, -0.15) is 13.2 Å². The lowest BCUT2D eigenvalue weighted by molar-refractivity contribution is -0.137. The lowest BCUT2D eigenvalue weighted by Gasteiger charge is -2.10. The fourth-order valence-electron chi connectivity index (χ4n) is 2.20. The van der Waals surface area contributed by atoms with Gasteiger partial charge in [-0.3, -0.25) is 4.79 Å². The molecule has 0 atom stereocenters. The summed E-state index contributed by atoms with van der Waals surface area (Å²) >= 11 is 0. The molecule has 0 saturated heterocycles. The fraction of sp³-hybridized carbons (Fsp3) is 0.278. The Bertz CT molecular complexity index is 706. The first-order valence-electron chi connectivity index (χ1n) is 7.76. The molecule has 2 rings (SSSR count). The number of hydrogen-bond acceptors (Lipinski definition) is 3. The zero-order chi connectivity index (χ0) is 18.3. The first-order chi connectivity index (χ1) is 11.9. The summed E-state index contributed by atoms with van der Waals surface area (Å²) < 4.78 is 42.6. The Labute approximate surface area is 155 Å². The van der Waals surface area contributed by atoms with E-state index in [1.54, 1.807) is 6.07 Å². The van der Waals surface area contributed by atoms with E-state index in [0.29, 0.717) is 24.3 Å². The molecule has 0 heterocycles. The summed E-state index contributed by atoms with van der Waals surface area (Å²) in [5, 5.41) is 2.69. The number of nitrogen functional groups attached to an aromatic ring is 1. The van der Waals surface area contributed by atoms with E-state index in [1.807, 2.05) is 18.2 Å². The van der Waals surface area contributed by atoms with Crippen LogP contribution < -0.4 is 15.8 Å². The summed E-state index contributed by atoms with van der Waals surface area (Å²) in [5.74, 6) is 0.179. The van der Waals surface area contributed by atoms with Gasteiger partial charge in [0.05, 0.1) is 12.1 Å². The van der Waals surface area contributed by atoms with Crippen LogP contribution in [0.1, 0.15) is 17.5 Å². The predicted octanol–water partition coefficient (Wildman–Crippen LogP) is 3.84. The number of para-hydroxylation sites is 1. The third kappa shape index (κ3) is 6.84. The Balaban J connectivity index is 0.00000338. The second-order valence-corrected chi connectivity index (χ2v) is 5.42. The lowest BCUT2D eigenvalue weighted by Crippen LogP contribution is -2.28. The predicted molar refractivity (Wildman–Crippen MR) is 96.4 cm³/mol. The summed E-state index contributed by atoms with van der Waals surface area (Å²) in [5.41, 5.74) is 6.65. The molecule has 0 radical (unpaired) electrons. The number of hydrogen-bond donors (Lipinski definition) is 2. The quantitative estimate of drug-likeness (QED) is 0.559. The zero-order valence-electron chi connectivity index (χ0n) is 13.9. The highest BCUT2D eigenvalue weighted by Crippen LogP contribution is 2.30. The number of nitrogens with two attached hydrogens (primary N) is 1. The Hall–Kier alpha value is -2.41. The van der Waals surface area contributed by atoms with Gasteiger partial charge >= 0.3 is 6.18 Å². The second-order valence-electron chi connectivity index (χ2n) is 5.42. The number of ether oxygens (including phenoxy) is 1. The number of alkyl halides is 3. The molecule has 0 fully saturated rings. The second kappa shape index (κ2) is 9.91. The molecule has 0 unspecified atom stereocenters. The largest absolute Gasteiger partial charge is 0.492 e. The molecule has 26 heavy (non-hydrogen) atoms. The minimum absolute atomic E-state index is 0. The lowest BCUT2D eigenvalue weighted by atomic mass is 10.1.